The van der Waals surface area contributed by atoms with Crippen LogP contribution in [0.25, 0.3) is 0 Å². The van der Waals surface area contributed by atoms with Crippen LogP contribution in [0.5, 0.6) is 0 Å². The number of rotatable bonds is 6. The maximum Gasteiger partial charge on any atom is 0.290 e. The van der Waals surface area contributed by atoms with Crippen molar-refractivity contribution in [3.8, 4) is 0 Å². The van der Waals surface area contributed by atoms with Crippen molar-refractivity contribution in [2.24, 2.45) is 17.8 Å². The van der Waals surface area contributed by atoms with Gasteiger partial charge in [-0.15, -0.1) is 0 Å². The molecule has 0 bridgehead atoms. The summed E-state index contributed by atoms with van der Waals surface area (Å²) in [6, 6.07) is 7.63. The lowest BCUT2D eigenvalue weighted by molar-refractivity contribution is -0.122. The van der Waals surface area contributed by atoms with Gasteiger partial charge in [0.2, 0.25) is 6.41 Å². The Morgan fingerprint density at radius 2 is 1.51 bits per heavy atom. The molecule has 0 radical (unpaired) electrons. The Morgan fingerprint density at radius 1 is 0.974 bits per heavy atom. The molecule has 1 aromatic heterocycles. The lowest BCUT2D eigenvalue weighted by atomic mass is 9.69. The van der Waals surface area contributed by atoms with Crippen LogP contribution >= 0.6 is 0 Å². The minimum Gasteiger partial charge on any atom is -0.483 e. The van der Waals surface area contributed by atoms with Crippen molar-refractivity contribution < 1.29 is 19.2 Å². The third kappa shape index (κ3) is 15.5. The van der Waals surface area contributed by atoms with Gasteiger partial charge < -0.3 is 14.9 Å². The quantitative estimate of drug-likeness (QED) is 0.353. The zero-order valence-corrected chi connectivity index (χ0v) is 25.9. The zero-order chi connectivity index (χ0) is 29.6. The average Bonchev–Trinajstić information content (AvgIpc) is 3.44. The van der Waals surface area contributed by atoms with E-state index < -0.39 is 0 Å². The second-order valence-electron chi connectivity index (χ2n) is 10.7. The van der Waals surface area contributed by atoms with Crippen molar-refractivity contribution in [1.29, 1.82) is 0 Å². The number of carbonyl (C=O) groups is 2. The molecule has 1 heterocycles. The Balaban J connectivity index is 0.000000539. The Kier molecular flexibility index (Phi) is 20.7. The first-order chi connectivity index (χ1) is 18.9. The summed E-state index contributed by atoms with van der Waals surface area (Å²) in [4.78, 5) is 18.3. The van der Waals surface area contributed by atoms with E-state index in [1.54, 1.807) is 0 Å². The van der Waals surface area contributed by atoms with E-state index in [0.717, 1.165) is 29.4 Å². The number of hydrogen-bond acceptors (Lipinski definition) is 4. The molecular formula is C33H56N2O4. The van der Waals surface area contributed by atoms with Gasteiger partial charge in [0, 0.05) is 17.2 Å². The van der Waals surface area contributed by atoms with E-state index >= 15 is 0 Å². The number of aromatic nitrogens is 1. The number of benzene rings is 1. The molecule has 0 saturated heterocycles. The highest BCUT2D eigenvalue weighted by Crippen LogP contribution is 2.50. The predicted molar refractivity (Wildman–Crippen MR) is 163 cm³/mol. The monoisotopic (exact) mass is 544 g/mol. The van der Waals surface area contributed by atoms with E-state index in [1.165, 1.54) is 74.7 Å². The summed E-state index contributed by atoms with van der Waals surface area (Å²) in [6.45, 7) is 16.7. The summed E-state index contributed by atoms with van der Waals surface area (Å²) < 4.78 is 5.47. The minimum absolute atomic E-state index is 0.250. The van der Waals surface area contributed by atoms with Gasteiger partial charge in [-0.3, -0.25) is 9.59 Å². The summed E-state index contributed by atoms with van der Waals surface area (Å²) in [5.41, 5.74) is 3.45. The van der Waals surface area contributed by atoms with Crippen LogP contribution < -0.4 is 5.32 Å². The molecule has 0 spiro atoms. The van der Waals surface area contributed by atoms with Crippen molar-refractivity contribution in [3.05, 3.63) is 47.3 Å². The molecule has 3 aliphatic carbocycles. The second-order valence-corrected chi connectivity index (χ2v) is 10.7. The fourth-order valence-electron chi connectivity index (χ4n) is 4.92. The number of nitrogens with one attached hydrogen (secondary N) is 1. The Labute approximate surface area is 238 Å². The molecule has 39 heavy (non-hydrogen) atoms. The standard InChI is InChI=1S/C14H21NO.C8H9NO.C6H12.2C2H6.CH2O2/c1-9(2)5-10-6-12(7-10)14-13(8-15-16-14)11-3-4-11;1-7-2-4-8(5-3-7)9-6-10;1-6-4-2-3-5-6;2*1-2;2-1-3/h8-12H,3-7H2,1-2H3;2-6H,1H3,(H,9,10);6H,2-5H2,1H3;2*1-2H3;1H,(H,2,3). The fourth-order valence-corrected chi connectivity index (χ4v) is 4.92. The molecule has 1 amide bonds. The van der Waals surface area contributed by atoms with Gasteiger partial charge in [-0.25, -0.2) is 0 Å². The molecule has 0 aliphatic heterocycles. The first kappa shape index (κ1) is 36.4. The number of carbonyl (C=O) groups excluding carboxylic acids is 1. The molecule has 3 fully saturated rings. The lowest BCUT2D eigenvalue weighted by Crippen LogP contribution is -2.23. The predicted octanol–water partition coefficient (Wildman–Crippen LogP) is 9.60. The number of aryl methyl sites for hydroxylation is 1. The number of nitrogens with zero attached hydrogens (tertiary/aromatic N) is 1. The number of hydrogen-bond donors (Lipinski definition) is 2. The van der Waals surface area contributed by atoms with Crippen molar-refractivity contribution in [2.45, 2.75) is 125 Å². The maximum atomic E-state index is 9.95. The topological polar surface area (TPSA) is 92.4 Å². The molecule has 2 aromatic rings. The maximum absolute atomic E-state index is 9.95. The van der Waals surface area contributed by atoms with Crippen molar-refractivity contribution in [1.82, 2.24) is 5.16 Å². The first-order valence-corrected chi connectivity index (χ1v) is 15.2. The van der Waals surface area contributed by atoms with E-state index in [-0.39, 0.29) is 6.47 Å². The summed E-state index contributed by atoms with van der Waals surface area (Å²) >= 11 is 0. The zero-order valence-electron chi connectivity index (χ0n) is 25.9. The Morgan fingerprint density at radius 3 is 1.92 bits per heavy atom. The molecule has 6 nitrogen and oxygen atoms in total. The van der Waals surface area contributed by atoms with Crippen LogP contribution in [0, 0.1) is 24.7 Å². The normalized spacial score (nSPS) is 18.9. The van der Waals surface area contributed by atoms with Crippen LogP contribution in [0.2, 0.25) is 0 Å². The Hall–Kier alpha value is -2.63. The van der Waals surface area contributed by atoms with Crippen molar-refractivity contribution >= 4 is 18.6 Å². The van der Waals surface area contributed by atoms with E-state index in [2.05, 4.69) is 31.2 Å². The van der Waals surface area contributed by atoms with Crippen LogP contribution in [0.15, 0.2) is 35.0 Å². The molecule has 0 atom stereocenters. The highest BCUT2D eigenvalue weighted by molar-refractivity contribution is 5.70. The van der Waals surface area contributed by atoms with Gasteiger partial charge in [0.05, 0.1) is 6.20 Å². The molecule has 222 valence electrons. The van der Waals surface area contributed by atoms with Gasteiger partial charge in [-0.1, -0.05) is 97.0 Å². The van der Waals surface area contributed by atoms with E-state index in [4.69, 9.17) is 14.4 Å². The Bertz CT molecular complexity index is 847. The average molecular weight is 545 g/mol. The minimum atomic E-state index is -0.250. The summed E-state index contributed by atoms with van der Waals surface area (Å²) in [5, 5.41) is 13.4. The molecule has 5 rings (SSSR count). The van der Waals surface area contributed by atoms with Gasteiger partial charge in [-0.05, 0) is 74.8 Å². The van der Waals surface area contributed by atoms with Gasteiger partial charge in [0.15, 0.2) is 0 Å². The molecule has 0 unspecified atom stereocenters. The summed E-state index contributed by atoms with van der Waals surface area (Å²) in [6.07, 6.45) is 15.3. The molecule has 3 saturated carbocycles. The lowest BCUT2D eigenvalue weighted by Gasteiger charge is -2.35. The van der Waals surface area contributed by atoms with Gasteiger partial charge in [-0.2, -0.15) is 0 Å². The second kappa shape index (κ2) is 22.2. The summed E-state index contributed by atoms with van der Waals surface area (Å²) in [7, 11) is 0. The highest BCUT2D eigenvalue weighted by atomic mass is 16.5. The van der Waals surface area contributed by atoms with Crippen LogP contribution in [0.3, 0.4) is 0 Å². The van der Waals surface area contributed by atoms with E-state index in [1.807, 2.05) is 65.1 Å². The van der Waals surface area contributed by atoms with Gasteiger partial charge >= 0.3 is 0 Å². The van der Waals surface area contributed by atoms with E-state index in [9.17, 15) is 4.79 Å². The smallest absolute Gasteiger partial charge is 0.290 e. The van der Waals surface area contributed by atoms with Gasteiger partial charge in [0.1, 0.15) is 5.76 Å². The van der Waals surface area contributed by atoms with Crippen molar-refractivity contribution in [2.75, 3.05) is 5.32 Å². The van der Waals surface area contributed by atoms with Crippen LogP contribution in [0.1, 0.15) is 135 Å². The molecule has 6 heteroatoms. The molecular weight excluding hydrogens is 488 g/mol. The third-order valence-corrected chi connectivity index (χ3v) is 6.98. The van der Waals surface area contributed by atoms with Gasteiger partial charge in [0.25, 0.3) is 6.47 Å². The SMILES string of the molecule is CC.CC.CC(C)CC1CC(c2oncc2C2CC2)C1.CC1CCCC1.Cc1ccc(NC=O)cc1.O=CO. The largest absolute Gasteiger partial charge is 0.483 e. The number of carboxylic acid groups (broad SMARTS) is 1. The van der Waals surface area contributed by atoms with Crippen molar-refractivity contribution in [3.63, 3.8) is 0 Å². The number of amides is 1. The molecule has 3 aliphatic rings. The summed E-state index contributed by atoms with van der Waals surface area (Å²) in [5.74, 6) is 5.51. The highest BCUT2D eigenvalue weighted by Gasteiger charge is 2.38. The van der Waals surface area contributed by atoms with Crippen LogP contribution in [-0.2, 0) is 9.59 Å². The molecule has 1 aromatic carbocycles. The van der Waals surface area contributed by atoms with Crippen LogP contribution in [0.4, 0.5) is 5.69 Å². The molecule has 2 N–H and O–H groups in total. The number of anilines is 1. The van der Waals surface area contributed by atoms with E-state index in [0.29, 0.717) is 12.3 Å². The first-order valence-electron chi connectivity index (χ1n) is 15.2. The third-order valence-electron chi connectivity index (χ3n) is 6.98. The van der Waals surface area contributed by atoms with Crippen LogP contribution in [-0.4, -0.2) is 23.1 Å². The fraction of sp³-hybridized carbons (Fsp3) is 0.667.